The van der Waals surface area contributed by atoms with Crippen LogP contribution < -0.4 is 5.32 Å². The maximum Gasteiger partial charge on any atom is 0.0673 e. The lowest BCUT2D eigenvalue weighted by Gasteiger charge is -2.25. The first kappa shape index (κ1) is 13.2. The van der Waals surface area contributed by atoms with Crippen molar-refractivity contribution >= 4 is 23.1 Å². The molecule has 1 nitrogen and oxygen atoms in total. The van der Waals surface area contributed by atoms with Crippen LogP contribution in [0.25, 0.3) is 0 Å². The molecule has 0 spiro atoms. The van der Waals surface area contributed by atoms with Crippen LogP contribution in [0.2, 0.25) is 0 Å². The Balaban J connectivity index is 1.85. The molecule has 0 aliphatic carbocycles. The minimum atomic E-state index is 0.340. The Morgan fingerprint density at radius 3 is 2.63 bits per heavy atom. The summed E-state index contributed by atoms with van der Waals surface area (Å²) in [4.78, 5) is 1.41. The van der Waals surface area contributed by atoms with Gasteiger partial charge in [-0.25, -0.2) is 0 Å². The van der Waals surface area contributed by atoms with Crippen LogP contribution in [0.4, 0.5) is 0 Å². The fraction of sp³-hybridized carbons (Fsp3) is 0.375. The largest absolute Gasteiger partial charge is 0.302 e. The normalized spacial score (nSPS) is 24.5. The van der Waals surface area contributed by atoms with E-state index in [4.69, 9.17) is 0 Å². The van der Waals surface area contributed by atoms with Crippen LogP contribution in [-0.4, -0.2) is 17.0 Å². The van der Waals surface area contributed by atoms with Crippen molar-refractivity contribution in [2.75, 3.05) is 5.75 Å². The van der Waals surface area contributed by atoms with E-state index in [1.54, 1.807) is 0 Å². The molecule has 3 rings (SSSR count). The van der Waals surface area contributed by atoms with Gasteiger partial charge in [-0.1, -0.05) is 43.3 Å². The summed E-state index contributed by atoms with van der Waals surface area (Å²) in [7, 11) is 0. The van der Waals surface area contributed by atoms with Gasteiger partial charge in [0.15, 0.2) is 0 Å². The molecule has 100 valence electrons. The van der Waals surface area contributed by atoms with Crippen LogP contribution in [0.3, 0.4) is 0 Å². The van der Waals surface area contributed by atoms with E-state index in [2.05, 4.69) is 71.8 Å². The highest BCUT2D eigenvalue weighted by Gasteiger charge is 2.27. The Morgan fingerprint density at radius 2 is 2.00 bits per heavy atom. The van der Waals surface area contributed by atoms with Gasteiger partial charge in [-0.15, -0.1) is 11.3 Å². The van der Waals surface area contributed by atoms with E-state index in [0.717, 1.165) is 0 Å². The fourth-order valence-corrected chi connectivity index (χ4v) is 4.63. The summed E-state index contributed by atoms with van der Waals surface area (Å²) >= 11 is 3.92. The lowest BCUT2D eigenvalue weighted by atomic mass is 10.0. The van der Waals surface area contributed by atoms with Crippen LogP contribution >= 0.6 is 23.1 Å². The molecule has 1 aromatic heterocycles. The van der Waals surface area contributed by atoms with Crippen LogP contribution in [0.15, 0.2) is 47.8 Å². The Kier molecular flexibility index (Phi) is 4.26. The first-order chi connectivity index (χ1) is 9.34. The number of hydrogen-bond donors (Lipinski definition) is 1. The summed E-state index contributed by atoms with van der Waals surface area (Å²) in [6.45, 7) is 2.34. The van der Waals surface area contributed by atoms with Crippen LogP contribution in [0, 0.1) is 0 Å². The molecule has 0 amide bonds. The second-order valence-electron chi connectivity index (χ2n) is 5.00. The smallest absolute Gasteiger partial charge is 0.0673 e. The number of benzene rings is 1. The molecule has 1 N–H and O–H groups in total. The molecular weight excluding hydrogens is 270 g/mol. The van der Waals surface area contributed by atoms with Crippen molar-refractivity contribution < 1.29 is 0 Å². The Bertz CT molecular complexity index is 495. The van der Waals surface area contributed by atoms with Crippen molar-refractivity contribution in [2.24, 2.45) is 0 Å². The van der Waals surface area contributed by atoms with Gasteiger partial charge in [0.1, 0.15) is 0 Å². The predicted molar refractivity (Wildman–Crippen MR) is 86.1 cm³/mol. The third kappa shape index (κ3) is 3.04. The van der Waals surface area contributed by atoms with Gasteiger partial charge in [-0.05, 0) is 29.2 Å². The SMILES string of the molecule is CC1SCCC1NC(c1ccccc1)c1cccs1. The zero-order valence-corrected chi connectivity index (χ0v) is 12.7. The van der Waals surface area contributed by atoms with Crippen molar-refractivity contribution in [3.63, 3.8) is 0 Å². The summed E-state index contributed by atoms with van der Waals surface area (Å²) < 4.78 is 0. The highest BCUT2D eigenvalue weighted by atomic mass is 32.2. The molecule has 3 atom stereocenters. The molecular formula is C16H19NS2. The lowest BCUT2D eigenvalue weighted by Crippen LogP contribution is -2.36. The van der Waals surface area contributed by atoms with Crippen LogP contribution in [0.5, 0.6) is 0 Å². The topological polar surface area (TPSA) is 12.0 Å². The van der Waals surface area contributed by atoms with E-state index in [1.807, 2.05) is 11.3 Å². The molecule has 0 bridgehead atoms. The molecule has 2 heterocycles. The second-order valence-corrected chi connectivity index (χ2v) is 7.46. The minimum absolute atomic E-state index is 0.340. The molecule has 1 aliphatic rings. The zero-order valence-electron chi connectivity index (χ0n) is 11.1. The van der Waals surface area contributed by atoms with Crippen molar-refractivity contribution in [3.05, 3.63) is 58.3 Å². The lowest BCUT2D eigenvalue weighted by molar-refractivity contribution is 0.474. The number of thioether (sulfide) groups is 1. The maximum absolute atomic E-state index is 3.87. The Hall–Kier alpha value is -0.770. The first-order valence-electron chi connectivity index (χ1n) is 6.80. The Labute approximate surface area is 123 Å². The Morgan fingerprint density at radius 1 is 1.16 bits per heavy atom. The molecule has 1 aliphatic heterocycles. The van der Waals surface area contributed by atoms with E-state index >= 15 is 0 Å². The summed E-state index contributed by atoms with van der Waals surface area (Å²) in [5.74, 6) is 1.28. The fourth-order valence-electron chi connectivity index (χ4n) is 2.61. The summed E-state index contributed by atoms with van der Waals surface area (Å²) in [6, 6.07) is 16.1. The number of nitrogens with one attached hydrogen (secondary N) is 1. The van der Waals surface area contributed by atoms with Crippen molar-refractivity contribution in [3.8, 4) is 0 Å². The molecule has 19 heavy (non-hydrogen) atoms. The van der Waals surface area contributed by atoms with Gasteiger partial charge in [-0.3, -0.25) is 0 Å². The van der Waals surface area contributed by atoms with E-state index in [1.165, 1.54) is 22.6 Å². The predicted octanol–water partition coefficient (Wildman–Crippen LogP) is 4.32. The van der Waals surface area contributed by atoms with Crippen molar-refractivity contribution in [1.82, 2.24) is 5.32 Å². The van der Waals surface area contributed by atoms with Gasteiger partial charge in [0.2, 0.25) is 0 Å². The van der Waals surface area contributed by atoms with Gasteiger partial charge in [0.05, 0.1) is 6.04 Å². The third-order valence-electron chi connectivity index (χ3n) is 3.72. The standard InChI is InChI=1S/C16H19NS2/c1-12-14(9-11-18-12)17-16(15-8-5-10-19-15)13-6-3-2-4-7-13/h2-8,10,12,14,16-17H,9,11H2,1H3. The third-order valence-corrected chi connectivity index (χ3v) is 5.98. The number of thiophene rings is 1. The van der Waals surface area contributed by atoms with Crippen LogP contribution in [-0.2, 0) is 0 Å². The van der Waals surface area contributed by atoms with E-state index in [-0.39, 0.29) is 0 Å². The van der Waals surface area contributed by atoms with Gasteiger partial charge < -0.3 is 5.32 Å². The minimum Gasteiger partial charge on any atom is -0.302 e. The number of rotatable bonds is 4. The van der Waals surface area contributed by atoms with Crippen molar-refractivity contribution in [1.29, 1.82) is 0 Å². The van der Waals surface area contributed by atoms with E-state index in [0.29, 0.717) is 17.3 Å². The maximum atomic E-state index is 3.87. The quantitative estimate of drug-likeness (QED) is 0.899. The molecule has 1 saturated heterocycles. The first-order valence-corrected chi connectivity index (χ1v) is 8.73. The van der Waals surface area contributed by atoms with Crippen molar-refractivity contribution in [2.45, 2.75) is 30.7 Å². The molecule has 1 aromatic carbocycles. The average Bonchev–Trinajstić information content (AvgIpc) is 3.09. The van der Waals surface area contributed by atoms with Gasteiger partial charge in [0.25, 0.3) is 0 Å². The van der Waals surface area contributed by atoms with E-state index in [9.17, 15) is 0 Å². The van der Waals surface area contributed by atoms with Gasteiger partial charge in [-0.2, -0.15) is 11.8 Å². The summed E-state index contributed by atoms with van der Waals surface area (Å²) in [5.41, 5.74) is 1.37. The monoisotopic (exact) mass is 289 g/mol. The summed E-state index contributed by atoms with van der Waals surface area (Å²) in [5, 5.41) is 6.75. The van der Waals surface area contributed by atoms with Gasteiger partial charge in [0, 0.05) is 16.2 Å². The molecule has 1 fully saturated rings. The highest BCUT2D eigenvalue weighted by molar-refractivity contribution is 8.00. The summed E-state index contributed by atoms with van der Waals surface area (Å²) in [6.07, 6.45) is 1.28. The second kappa shape index (κ2) is 6.12. The molecule has 0 saturated carbocycles. The van der Waals surface area contributed by atoms with E-state index < -0.39 is 0 Å². The molecule has 2 aromatic rings. The average molecular weight is 289 g/mol. The molecule has 0 radical (unpaired) electrons. The van der Waals surface area contributed by atoms with Crippen LogP contribution in [0.1, 0.15) is 29.8 Å². The molecule has 3 heteroatoms. The zero-order chi connectivity index (χ0) is 13.1. The van der Waals surface area contributed by atoms with Gasteiger partial charge >= 0.3 is 0 Å². The highest BCUT2D eigenvalue weighted by Crippen LogP contribution is 2.32. The molecule has 3 unspecified atom stereocenters. The number of hydrogen-bond acceptors (Lipinski definition) is 3.